The average molecular weight is 246 g/mol. The van der Waals surface area contributed by atoms with E-state index in [-0.39, 0.29) is 6.04 Å². The van der Waals surface area contributed by atoms with Crippen LogP contribution in [0.25, 0.3) is 0 Å². The van der Waals surface area contributed by atoms with E-state index in [9.17, 15) is 0 Å². The summed E-state index contributed by atoms with van der Waals surface area (Å²) in [6, 6.07) is 4.02. The van der Waals surface area contributed by atoms with Gasteiger partial charge in [-0.05, 0) is 26.3 Å². The highest BCUT2D eigenvalue weighted by molar-refractivity contribution is 5.25. The molecule has 0 aromatic carbocycles. The average Bonchev–Trinajstić information content (AvgIpc) is 2.78. The number of hydrogen-bond acceptors (Lipinski definition) is 4. The summed E-state index contributed by atoms with van der Waals surface area (Å²) in [6.45, 7) is 6.04. The van der Waals surface area contributed by atoms with Crippen molar-refractivity contribution in [1.82, 2.24) is 14.8 Å². The fourth-order valence-electron chi connectivity index (χ4n) is 1.50. The Morgan fingerprint density at radius 1 is 1.22 bits per heavy atom. The molecule has 0 bridgehead atoms. The molecule has 5 nitrogen and oxygen atoms in total. The summed E-state index contributed by atoms with van der Waals surface area (Å²) in [4.78, 5) is 4.21. The maximum absolute atomic E-state index is 5.76. The first-order valence-corrected chi connectivity index (χ1v) is 6.00. The summed E-state index contributed by atoms with van der Waals surface area (Å²) in [5.41, 5.74) is 6.75. The second kappa shape index (κ2) is 5.18. The molecular weight excluding hydrogens is 228 g/mol. The van der Waals surface area contributed by atoms with E-state index in [1.807, 2.05) is 29.9 Å². The van der Waals surface area contributed by atoms with Gasteiger partial charge >= 0.3 is 0 Å². The second-order valence-electron chi connectivity index (χ2n) is 4.57. The number of nitrogens with zero attached hydrogens (tertiary/aromatic N) is 3. The second-order valence-corrected chi connectivity index (χ2v) is 4.57. The van der Waals surface area contributed by atoms with Crippen LogP contribution < -0.4 is 10.5 Å². The van der Waals surface area contributed by atoms with Gasteiger partial charge in [0.25, 0.3) is 0 Å². The predicted molar refractivity (Wildman–Crippen MR) is 69.5 cm³/mol. The van der Waals surface area contributed by atoms with Crippen molar-refractivity contribution in [3.05, 3.63) is 36.3 Å². The zero-order valence-corrected chi connectivity index (χ0v) is 10.9. The minimum atomic E-state index is -0.0183. The van der Waals surface area contributed by atoms with Crippen LogP contribution in [0.4, 0.5) is 0 Å². The van der Waals surface area contributed by atoms with Gasteiger partial charge < -0.3 is 10.5 Å². The minimum Gasteiger partial charge on any atom is -0.436 e. The Kier molecular flexibility index (Phi) is 3.62. The highest BCUT2D eigenvalue weighted by Gasteiger charge is 2.05. The van der Waals surface area contributed by atoms with E-state index in [0.29, 0.717) is 17.7 Å². The molecule has 0 aliphatic heterocycles. The van der Waals surface area contributed by atoms with Crippen LogP contribution in [0.2, 0.25) is 0 Å². The molecule has 2 N–H and O–H groups in total. The summed E-state index contributed by atoms with van der Waals surface area (Å²) >= 11 is 0. The van der Waals surface area contributed by atoms with Gasteiger partial charge in [0.2, 0.25) is 5.88 Å². The quantitative estimate of drug-likeness (QED) is 0.900. The number of rotatable bonds is 4. The van der Waals surface area contributed by atoms with Crippen molar-refractivity contribution in [1.29, 1.82) is 0 Å². The molecule has 0 spiro atoms. The number of ether oxygens (including phenoxy) is 1. The number of nitrogens with two attached hydrogens (primary N) is 1. The van der Waals surface area contributed by atoms with Gasteiger partial charge in [0.1, 0.15) is 0 Å². The van der Waals surface area contributed by atoms with E-state index < -0.39 is 0 Å². The molecule has 2 aromatic rings. The van der Waals surface area contributed by atoms with Crippen LogP contribution in [0.15, 0.2) is 30.7 Å². The summed E-state index contributed by atoms with van der Waals surface area (Å²) in [5.74, 6) is 1.23. The van der Waals surface area contributed by atoms with E-state index in [4.69, 9.17) is 10.5 Å². The van der Waals surface area contributed by atoms with Crippen molar-refractivity contribution in [2.45, 2.75) is 32.9 Å². The van der Waals surface area contributed by atoms with E-state index in [0.717, 1.165) is 5.56 Å². The molecule has 0 saturated carbocycles. The van der Waals surface area contributed by atoms with Gasteiger partial charge in [0, 0.05) is 24.3 Å². The third-order valence-electron chi connectivity index (χ3n) is 2.61. The van der Waals surface area contributed by atoms with Gasteiger partial charge in [-0.3, -0.25) is 4.68 Å². The highest BCUT2D eigenvalue weighted by Crippen LogP contribution is 2.20. The lowest BCUT2D eigenvalue weighted by Gasteiger charge is -2.06. The molecule has 18 heavy (non-hydrogen) atoms. The van der Waals surface area contributed by atoms with Gasteiger partial charge in [-0.15, -0.1) is 0 Å². The van der Waals surface area contributed by atoms with Crippen molar-refractivity contribution < 1.29 is 4.74 Å². The lowest BCUT2D eigenvalue weighted by Crippen LogP contribution is -2.05. The van der Waals surface area contributed by atoms with Crippen LogP contribution >= 0.6 is 0 Å². The Labute approximate surface area is 107 Å². The van der Waals surface area contributed by atoms with E-state index in [2.05, 4.69) is 23.9 Å². The molecule has 0 aliphatic rings. The standard InChI is InChI=1S/C13H18N4O/c1-9(2)17-8-12(7-16-17)18-13-5-4-11(6-15-13)10(3)14/h4-10H,14H2,1-3H3. The molecule has 96 valence electrons. The molecule has 0 aliphatic carbocycles. The minimum absolute atomic E-state index is 0.0183. The Hall–Kier alpha value is -1.88. The first-order valence-electron chi connectivity index (χ1n) is 6.00. The van der Waals surface area contributed by atoms with Gasteiger partial charge in [0.05, 0.1) is 12.4 Å². The topological polar surface area (TPSA) is 66.0 Å². The van der Waals surface area contributed by atoms with Crippen molar-refractivity contribution >= 4 is 0 Å². The van der Waals surface area contributed by atoms with Crippen molar-refractivity contribution in [3.63, 3.8) is 0 Å². The molecule has 0 fully saturated rings. The van der Waals surface area contributed by atoms with Crippen LogP contribution in [-0.4, -0.2) is 14.8 Å². The number of pyridine rings is 1. The van der Waals surface area contributed by atoms with E-state index in [1.165, 1.54) is 0 Å². The Morgan fingerprint density at radius 2 is 2.00 bits per heavy atom. The monoisotopic (exact) mass is 246 g/mol. The Bertz CT molecular complexity index is 502. The molecule has 0 saturated heterocycles. The smallest absolute Gasteiger partial charge is 0.219 e. The fourth-order valence-corrected chi connectivity index (χ4v) is 1.50. The third-order valence-corrected chi connectivity index (χ3v) is 2.61. The van der Waals surface area contributed by atoms with Gasteiger partial charge in [-0.2, -0.15) is 5.10 Å². The molecule has 0 amide bonds. The Morgan fingerprint density at radius 3 is 2.50 bits per heavy atom. The lowest BCUT2D eigenvalue weighted by molar-refractivity contribution is 0.458. The maximum atomic E-state index is 5.76. The third kappa shape index (κ3) is 2.87. The number of hydrogen-bond donors (Lipinski definition) is 1. The fraction of sp³-hybridized carbons (Fsp3) is 0.385. The van der Waals surface area contributed by atoms with Crippen molar-refractivity contribution in [2.24, 2.45) is 5.73 Å². The van der Waals surface area contributed by atoms with Crippen molar-refractivity contribution in [2.75, 3.05) is 0 Å². The highest BCUT2D eigenvalue weighted by atomic mass is 16.5. The van der Waals surface area contributed by atoms with Gasteiger partial charge in [0.15, 0.2) is 5.75 Å². The normalized spacial score (nSPS) is 12.7. The molecule has 2 rings (SSSR count). The summed E-state index contributed by atoms with van der Waals surface area (Å²) < 4.78 is 7.45. The molecule has 5 heteroatoms. The van der Waals surface area contributed by atoms with Crippen molar-refractivity contribution in [3.8, 4) is 11.6 Å². The van der Waals surface area contributed by atoms with E-state index in [1.54, 1.807) is 12.4 Å². The predicted octanol–water partition coefficient (Wildman–Crippen LogP) is 2.67. The Balaban J connectivity index is 2.08. The molecule has 1 atom stereocenters. The first-order chi connectivity index (χ1) is 8.56. The van der Waals surface area contributed by atoms with Gasteiger partial charge in [-0.25, -0.2) is 4.98 Å². The van der Waals surface area contributed by atoms with Crippen LogP contribution in [0, 0.1) is 0 Å². The van der Waals surface area contributed by atoms with Gasteiger partial charge in [-0.1, -0.05) is 6.07 Å². The molecular formula is C13H18N4O. The molecule has 2 aromatic heterocycles. The van der Waals surface area contributed by atoms with Crippen LogP contribution in [0.1, 0.15) is 38.4 Å². The zero-order chi connectivity index (χ0) is 13.1. The summed E-state index contributed by atoms with van der Waals surface area (Å²) in [7, 11) is 0. The lowest BCUT2D eigenvalue weighted by atomic mass is 10.2. The molecule has 0 radical (unpaired) electrons. The maximum Gasteiger partial charge on any atom is 0.219 e. The van der Waals surface area contributed by atoms with Crippen LogP contribution in [-0.2, 0) is 0 Å². The number of aromatic nitrogens is 3. The SMILES string of the molecule is CC(N)c1ccc(Oc2cnn(C(C)C)c2)nc1. The largest absolute Gasteiger partial charge is 0.436 e. The zero-order valence-electron chi connectivity index (χ0n) is 10.9. The van der Waals surface area contributed by atoms with Crippen LogP contribution in [0.3, 0.4) is 0 Å². The summed E-state index contributed by atoms with van der Waals surface area (Å²) in [6.07, 6.45) is 5.26. The van der Waals surface area contributed by atoms with E-state index >= 15 is 0 Å². The first kappa shape index (κ1) is 12.6. The summed E-state index contributed by atoms with van der Waals surface area (Å²) in [5, 5.41) is 4.20. The molecule has 2 heterocycles. The molecule has 1 unspecified atom stereocenters. The van der Waals surface area contributed by atoms with Crippen LogP contribution in [0.5, 0.6) is 11.6 Å².